The fraction of sp³-hybridized carbons (Fsp3) is 0.727. The average molecular weight is 353 g/mol. The Hall–Kier alpha value is -0.530. The fourth-order valence-electron chi connectivity index (χ4n) is 2.17. The zero-order chi connectivity index (χ0) is 17.5. The molecule has 1 aromatic rings. The van der Waals surface area contributed by atoms with Crippen molar-refractivity contribution in [3.05, 3.63) is 18.7 Å². The van der Waals surface area contributed by atoms with E-state index in [2.05, 4.69) is 10.1 Å². The zero-order valence-electron chi connectivity index (χ0n) is 13.8. The molecule has 124 valence electrons. The van der Waals surface area contributed by atoms with Gasteiger partial charge in [-0.15, -0.1) is 0 Å². The molecular weight excluding hydrogens is 332 g/mol. The Labute approximate surface area is 130 Å². The molecule has 2 aliphatic rings. The molecule has 1 aromatic heterocycles. The van der Waals surface area contributed by atoms with Crippen molar-refractivity contribution in [1.82, 2.24) is 14.6 Å². The lowest BCUT2D eigenvalue weighted by molar-refractivity contribution is 0.0656. The fourth-order valence-corrected chi connectivity index (χ4v) is 7.18. The van der Waals surface area contributed by atoms with Gasteiger partial charge in [0.2, 0.25) is 0 Å². The standard InChI is InChI=1S/C11H19N3O6P2/c15-11(9-14-5-4-12-10-14,21(16)13-3-1-6-18-21)22(17)19-7-2-8-20-22/h4-5,10,15H,1-3,6-9H2,(H,13,16)/i9D2. The van der Waals surface area contributed by atoms with Crippen LogP contribution in [0.2, 0.25) is 0 Å². The molecule has 0 bridgehead atoms. The quantitative estimate of drug-likeness (QED) is 0.781. The molecule has 9 nitrogen and oxygen atoms in total. The highest BCUT2D eigenvalue weighted by atomic mass is 31.2. The van der Waals surface area contributed by atoms with Crippen LogP contribution >= 0.6 is 15.1 Å². The summed E-state index contributed by atoms with van der Waals surface area (Å²) in [5, 5.41) is 10.7. The second kappa shape index (κ2) is 6.17. The Morgan fingerprint density at radius 1 is 1.32 bits per heavy atom. The van der Waals surface area contributed by atoms with Crippen molar-refractivity contribution < 1.29 is 30.5 Å². The minimum Gasteiger partial charge on any atom is -0.367 e. The summed E-state index contributed by atoms with van der Waals surface area (Å²) >= 11 is 0. The zero-order valence-corrected chi connectivity index (χ0v) is 13.5. The second-order valence-corrected chi connectivity index (χ2v) is 9.72. The summed E-state index contributed by atoms with van der Waals surface area (Å²) in [6.07, 6.45) is 4.52. The number of nitrogens with zero attached hydrogens (tertiary/aromatic N) is 2. The van der Waals surface area contributed by atoms with E-state index in [0.717, 1.165) is 10.9 Å². The van der Waals surface area contributed by atoms with Gasteiger partial charge in [-0.05, 0) is 12.8 Å². The summed E-state index contributed by atoms with van der Waals surface area (Å²) in [5.74, 6) is 0. The third-order valence-corrected chi connectivity index (χ3v) is 8.84. The highest BCUT2D eigenvalue weighted by Crippen LogP contribution is 2.76. The van der Waals surface area contributed by atoms with Crippen LogP contribution in [0.25, 0.3) is 0 Å². The molecule has 2 unspecified atom stereocenters. The maximum Gasteiger partial charge on any atom is 0.375 e. The van der Waals surface area contributed by atoms with Crippen molar-refractivity contribution in [2.75, 3.05) is 26.4 Å². The van der Waals surface area contributed by atoms with Crippen molar-refractivity contribution in [2.45, 2.75) is 24.4 Å². The molecule has 3 rings (SSSR count). The number of aromatic nitrogens is 2. The van der Waals surface area contributed by atoms with Gasteiger partial charge in [0, 0.05) is 18.9 Å². The molecule has 0 amide bonds. The smallest absolute Gasteiger partial charge is 0.367 e. The van der Waals surface area contributed by atoms with Crippen LogP contribution in [0.5, 0.6) is 0 Å². The van der Waals surface area contributed by atoms with Crippen LogP contribution in [0, 0.1) is 0 Å². The Kier molecular flexibility index (Phi) is 3.89. The van der Waals surface area contributed by atoms with Gasteiger partial charge in [-0.25, -0.2) is 10.1 Å². The Morgan fingerprint density at radius 2 is 2.05 bits per heavy atom. The van der Waals surface area contributed by atoms with Crippen LogP contribution in [0.15, 0.2) is 18.7 Å². The first-order chi connectivity index (χ1) is 11.3. The number of hydrogen-bond donors (Lipinski definition) is 2. The first kappa shape index (κ1) is 13.9. The maximum atomic E-state index is 13.3. The van der Waals surface area contributed by atoms with Crippen LogP contribution in [-0.2, 0) is 29.2 Å². The van der Waals surface area contributed by atoms with Crippen LogP contribution in [-0.4, -0.2) is 46.1 Å². The lowest BCUT2D eigenvalue weighted by Crippen LogP contribution is -2.43. The van der Waals surface area contributed by atoms with E-state index < -0.39 is 26.7 Å². The van der Waals surface area contributed by atoms with Gasteiger partial charge < -0.3 is 23.2 Å². The van der Waals surface area contributed by atoms with Crippen LogP contribution in [0.4, 0.5) is 0 Å². The monoisotopic (exact) mass is 353 g/mol. The van der Waals surface area contributed by atoms with E-state index in [1.54, 1.807) is 0 Å². The van der Waals surface area contributed by atoms with Gasteiger partial charge >= 0.3 is 15.1 Å². The molecule has 22 heavy (non-hydrogen) atoms. The van der Waals surface area contributed by atoms with E-state index >= 15 is 0 Å². The van der Waals surface area contributed by atoms with Crippen molar-refractivity contribution in [3.63, 3.8) is 0 Å². The van der Waals surface area contributed by atoms with E-state index in [0.29, 0.717) is 12.8 Å². The molecule has 0 aliphatic carbocycles. The maximum absolute atomic E-state index is 13.3. The van der Waals surface area contributed by atoms with E-state index in [9.17, 15) is 14.2 Å². The van der Waals surface area contributed by atoms with Gasteiger partial charge in [-0.3, -0.25) is 9.13 Å². The molecule has 0 saturated carbocycles. The van der Waals surface area contributed by atoms with Crippen molar-refractivity contribution in [1.29, 1.82) is 0 Å². The highest BCUT2D eigenvalue weighted by molar-refractivity contribution is 7.75. The SMILES string of the molecule is [2H]C([2H])(n1ccnc1)C(O)(P1(=O)NCCCO1)P1(=O)OCCCO1. The number of nitrogens with one attached hydrogen (secondary N) is 1. The minimum atomic E-state index is -4.55. The van der Waals surface area contributed by atoms with Gasteiger partial charge in [0.25, 0.3) is 5.08 Å². The van der Waals surface area contributed by atoms with Crippen LogP contribution in [0.1, 0.15) is 15.6 Å². The molecule has 11 heteroatoms. The first-order valence-electron chi connectivity index (χ1n) is 7.87. The Balaban J connectivity index is 2.17. The number of imidazole rings is 1. The molecule has 2 fully saturated rings. The third-order valence-electron chi connectivity index (χ3n) is 3.30. The molecule has 0 spiro atoms. The molecule has 0 radical (unpaired) electrons. The molecule has 2 saturated heterocycles. The number of aliphatic hydroxyl groups is 1. The summed E-state index contributed by atoms with van der Waals surface area (Å²) in [6, 6.07) is 0. The first-order valence-corrected chi connectivity index (χ1v) is 10.0. The summed E-state index contributed by atoms with van der Waals surface area (Å²) in [4.78, 5) is 3.73. The number of rotatable bonds is 4. The van der Waals surface area contributed by atoms with Crippen molar-refractivity contribution in [2.24, 2.45) is 0 Å². The van der Waals surface area contributed by atoms with Gasteiger partial charge in [0.1, 0.15) is 0 Å². The summed E-state index contributed by atoms with van der Waals surface area (Å²) < 4.78 is 59.7. The summed E-state index contributed by atoms with van der Waals surface area (Å²) in [6.45, 7) is -2.64. The third kappa shape index (κ3) is 2.71. The topological polar surface area (TPSA) is 112 Å². The normalized spacial score (nSPS) is 33.5. The molecule has 2 atom stereocenters. The van der Waals surface area contributed by atoms with E-state index in [4.69, 9.17) is 16.3 Å². The van der Waals surface area contributed by atoms with Gasteiger partial charge in [-0.1, -0.05) is 0 Å². The molecule has 0 aromatic carbocycles. The van der Waals surface area contributed by atoms with E-state index in [1.165, 1.54) is 12.4 Å². The van der Waals surface area contributed by atoms with E-state index in [1.807, 2.05) is 0 Å². The largest absolute Gasteiger partial charge is 0.375 e. The number of hydrogen-bond acceptors (Lipinski definition) is 7. The highest BCUT2D eigenvalue weighted by Gasteiger charge is 2.65. The molecule has 2 aliphatic heterocycles. The predicted molar refractivity (Wildman–Crippen MR) is 77.5 cm³/mol. The Bertz CT molecular complexity index is 633. The molecule has 2 N–H and O–H groups in total. The Morgan fingerprint density at radius 3 is 2.64 bits per heavy atom. The molecule has 3 heterocycles. The van der Waals surface area contributed by atoms with Crippen LogP contribution < -0.4 is 5.09 Å². The van der Waals surface area contributed by atoms with Gasteiger partial charge in [0.15, 0.2) is 0 Å². The van der Waals surface area contributed by atoms with Crippen LogP contribution in [0.3, 0.4) is 0 Å². The molecular formula is C11H19N3O6P2. The van der Waals surface area contributed by atoms with E-state index in [-0.39, 0.29) is 26.4 Å². The minimum absolute atomic E-state index is 0.0143. The summed E-state index contributed by atoms with van der Waals surface area (Å²) in [5.41, 5.74) is 0. The average Bonchev–Trinajstić information content (AvgIpc) is 3.10. The van der Waals surface area contributed by atoms with Crippen molar-refractivity contribution in [3.8, 4) is 0 Å². The lowest BCUT2D eigenvalue weighted by Gasteiger charge is -2.42. The van der Waals surface area contributed by atoms with Crippen molar-refractivity contribution >= 4 is 15.1 Å². The lowest BCUT2D eigenvalue weighted by atomic mass is 10.5. The van der Waals surface area contributed by atoms with Gasteiger partial charge in [0.05, 0.1) is 35.4 Å². The predicted octanol–water partition coefficient (Wildman–Crippen LogP) is 1.36. The summed E-state index contributed by atoms with van der Waals surface area (Å²) in [7, 11) is -8.91. The van der Waals surface area contributed by atoms with Gasteiger partial charge in [-0.2, -0.15) is 0 Å². The second-order valence-electron chi connectivity index (χ2n) is 4.88.